The minimum absolute atomic E-state index is 0.142. The summed E-state index contributed by atoms with van der Waals surface area (Å²) in [5, 5.41) is 3.29. The normalized spacial score (nSPS) is 30.3. The molecule has 1 saturated heterocycles. The van der Waals surface area contributed by atoms with Crippen molar-refractivity contribution < 1.29 is 9.47 Å². The van der Waals surface area contributed by atoms with Gasteiger partial charge in [-0.25, -0.2) is 0 Å². The molecule has 0 aliphatic carbocycles. The molecule has 1 fully saturated rings. The van der Waals surface area contributed by atoms with Gasteiger partial charge in [0.15, 0.2) is 6.29 Å². The van der Waals surface area contributed by atoms with E-state index < -0.39 is 0 Å². The van der Waals surface area contributed by atoms with E-state index in [1.165, 1.54) is 5.57 Å². The summed E-state index contributed by atoms with van der Waals surface area (Å²) in [5.41, 5.74) is 0.847. The van der Waals surface area contributed by atoms with Crippen molar-refractivity contribution in [3.8, 4) is 0 Å². The van der Waals surface area contributed by atoms with Gasteiger partial charge < -0.3 is 14.8 Å². The highest BCUT2D eigenvalue weighted by molar-refractivity contribution is 5.13. The molecule has 0 radical (unpaired) electrons. The molecule has 1 N–H and O–H groups in total. The number of ether oxygens (including phenoxy) is 2. The van der Waals surface area contributed by atoms with Crippen molar-refractivity contribution in [3.63, 3.8) is 0 Å². The Balaban J connectivity index is 2.12. The molecule has 0 amide bonds. The van der Waals surface area contributed by atoms with Crippen LogP contribution in [0.3, 0.4) is 0 Å². The Labute approximate surface area is 91.8 Å². The maximum absolute atomic E-state index is 5.99. The van der Waals surface area contributed by atoms with Crippen LogP contribution in [0.1, 0.15) is 34.1 Å². The van der Waals surface area contributed by atoms with E-state index in [-0.39, 0.29) is 17.5 Å². The largest absolute Gasteiger partial charge is 0.340 e. The van der Waals surface area contributed by atoms with Crippen LogP contribution in [0.25, 0.3) is 0 Å². The first kappa shape index (κ1) is 11.1. The van der Waals surface area contributed by atoms with Gasteiger partial charge in [0, 0.05) is 6.54 Å². The number of rotatable bonds is 1. The lowest BCUT2D eigenvalue weighted by molar-refractivity contribution is -0.0613. The standard InChI is InChI=1S/C12H21NO2/c1-11(2)12(3,4)15-10(14-11)9-5-7-13-8-6-9/h5,10,13H,6-8H2,1-4H3. The second kappa shape index (κ2) is 3.58. The molecule has 0 bridgehead atoms. The molecule has 3 nitrogen and oxygen atoms in total. The SMILES string of the molecule is CC1(C)OC(C2=CCNCC2)OC1(C)C. The second-order valence-corrected chi connectivity index (χ2v) is 5.32. The Morgan fingerprint density at radius 3 is 2.27 bits per heavy atom. The first-order valence-corrected chi connectivity index (χ1v) is 5.68. The van der Waals surface area contributed by atoms with Gasteiger partial charge in [0.25, 0.3) is 0 Å². The molecule has 0 unspecified atom stereocenters. The molecule has 0 aromatic carbocycles. The van der Waals surface area contributed by atoms with E-state index in [4.69, 9.17) is 9.47 Å². The fourth-order valence-electron chi connectivity index (χ4n) is 1.85. The van der Waals surface area contributed by atoms with Gasteiger partial charge in [-0.2, -0.15) is 0 Å². The topological polar surface area (TPSA) is 30.5 Å². The molecule has 15 heavy (non-hydrogen) atoms. The molecule has 2 rings (SSSR count). The van der Waals surface area contributed by atoms with Gasteiger partial charge in [-0.1, -0.05) is 6.08 Å². The molecular weight excluding hydrogens is 190 g/mol. The molecule has 0 spiro atoms. The van der Waals surface area contributed by atoms with Gasteiger partial charge >= 0.3 is 0 Å². The Morgan fingerprint density at radius 2 is 1.80 bits per heavy atom. The molecule has 0 aromatic heterocycles. The summed E-state index contributed by atoms with van der Waals surface area (Å²) in [6, 6.07) is 0. The smallest absolute Gasteiger partial charge is 0.181 e. The van der Waals surface area contributed by atoms with E-state index in [2.05, 4.69) is 39.1 Å². The quantitative estimate of drug-likeness (QED) is 0.671. The fourth-order valence-corrected chi connectivity index (χ4v) is 1.85. The molecule has 0 atom stereocenters. The highest BCUT2D eigenvalue weighted by atomic mass is 16.7. The number of hydrogen-bond acceptors (Lipinski definition) is 3. The molecule has 0 aromatic rings. The van der Waals surface area contributed by atoms with Crippen LogP contribution in [0, 0.1) is 0 Å². The van der Waals surface area contributed by atoms with E-state index in [0.29, 0.717) is 0 Å². The fraction of sp³-hybridized carbons (Fsp3) is 0.833. The predicted octanol–water partition coefficient (Wildman–Crippen LogP) is 1.84. The van der Waals surface area contributed by atoms with Gasteiger partial charge in [0.05, 0.1) is 11.2 Å². The van der Waals surface area contributed by atoms with E-state index in [9.17, 15) is 0 Å². The van der Waals surface area contributed by atoms with Crippen molar-refractivity contribution in [3.05, 3.63) is 11.6 Å². The van der Waals surface area contributed by atoms with Crippen LogP contribution in [0.2, 0.25) is 0 Å². The lowest BCUT2D eigenvalue weighted by Gasteiger charge is -2.30. The summed E-state index contributed by atoms with van der Waals surface area (Å²) in [7, 11) is 0. The van der Waals surface area contributed by atoms with Crippen molar-refractivity contribution in [2.45, 2.75) is 51.6 Å². The number of hydrogen-bond donors (Lipinski definition) is 1. The minimum atomic E-state index is -0.219. The summed E-state index contributed by atoms with van der Waals surface area (Å²) >= 11 is 0. The van der Waals surface area contributed by atoms with Crippen molar-refractivity contribution in [2.75, 3.05) is 13.1 Å². The van der Waals surface area contributed by atoms with Crippen molar-refractivity contribution in [2.24, 2.45) is 0 Å². The highest BCUT2D eigenvalue weighted by Crippen LogP contribution is 2.40. The molecular formula is C12H21NO2. The Hall–Kier alpha value is -0.380. The van der Waals surface area contributed by atoms with Crippen LogP contribution in [0.15, 0.2) is 11.6 Å². The third kappa shape index (κ3) is 1.96. The van der Waals surface area contributed by atoms with E-state index in [0.717, 1.165) is 19.5 Å². The molecule has 2 aliphatic heterocycles. The van der Waals surface area contributed by atoms with E-state index >= 15 is 0 Å². The first-order chi connectivity index (χ1) is 6.92. The zero-order valence-corrected chi connectivity index (χ0v) is 10.1. The summed E-state index contributed by atoms with van der Waals surface area (Å²) in [5.74, 6) is 0. The molecule has 86 valence electrons. The van der Waals surface area contributed by atoms with Crippen LogP contribution in [0.5, 0.6) is 0 Å². The maximum Gasteiger partial charge on any atom is 0.181 e. The van der Waals surface area contributed by atoms with Crippen LogP contribution in [0.4, 0.5) is 0 Å². The first-order valence-electron chi connectivity index (χ1n) is 5.68. The third-order valence-electron chi connectivity index (χ3n) is 3.66. The Bertz CT molecular complexity index is 265. The van der Waals surface area contributed by atoms with E-state index in [1.807, 2.05) is 0 Å². The van der Waals surface area contributed by atoms with Gasteiger partial charge in [-0.05, 0) is 46.2 Å². The molecule has 3 heteroatoms. The summed E-state index contributed by atoms with van der Waals surface area (Å²) in [4.78, 5) is 0. The molecule has 0 saturated carbocycles. The summed E-state index contributed by atoms with van der Waals surface area (Å²) in [6.07, 6.45) is 3.07. The minimum Gasteiger partial charge on any atom is -0.340 e. The highest BCUT2D eigenvalue weighted by Gasteiger charge is 2.49. The van der Waals surface area contributed by atoms with Crippen LogP contribution in [-0.2, 0) is 9.47 Å². The summed E-state index contributed by atoms with van der Waals surface area (Å²) in [6.45, 7) is 10.3. The van der Waals surface area contributed by atoms with Crippen LogP contribution in [-0.4, -0.2) is 30.6 Å². The summed E-state index contributed by atoms with van der Waals surface area (Å²) < 4.78 is 12.0. The van der Waals surface area contributed by atoms with Gasteiger partial charge in [0.2, 0.25) is 0 Å². The van der Waals surface area contributed by atoms with Crippen LogP contribution >= 0.6 is 0 Å². The lowest BCUT2D eigenvalue weighted by atomic mass is 9.90. The van der Waals surface area contributed by atoms with Gasteiger partial charge in [-0.3, -0.25) is 0 Å². The Morgan fingerprint density at radius 1 is 1.20 bits per heavy atom. The van der Waals surface area contributed by atoms with Gasteiger partial charge in [-0.15, -0.1) is 0 Å². The van der Waals surface area contributed by atoms with Crippen molar-refractivity contribution >= 4 is 0 Å². The zero-order valence-electron chi connectivity index (χ0n) is 10.1. The van der Waals surface area contributed by atoms with E-state index in [1.54, 1.807) is 0 Å². The van der Waals surface area contributed by atoms with Crippen molar-refractivity contribution in [1.29, 1.82) is 0 Å². The predicted molar refractivity (Wildman–Crippen MR) is 59.7 cm³/mol. The molecule has 2 heterocycles. The maximum atomic E-state index is 5.99. The average Bonchev–Trinajstić information content (AvgIpc) is 2.38. The third-order valence-corrected chi connectivity index (χ3v) is 3.66. The zero-order chi connectivity index (χ0) is 11.1. The monoisotopic (exact) mass is 211 g/mol. The van der Waals surface area contributed by atoms with Gasteiger partial charge in [0.1, 0.15) is 0 Å². The second-order valence-electron chi connectivity index (χ2n) is 5.32. The lowest BCUT2D eigenvalue weighted by Crippen LogP contribution is -2.41. The van der Waals surface area contributed by atoms with Crippen LogP contribution < -0.4 is 5.32 Å². The number of nitrogens with one attached hydrogen (secondary N) is 1. The Kier molecular flexibility index (Phi) is 2.65. The van der Waals surface area contributed by atoms with Crippen molar-refractivity contribution in [1.82, 2.24) is 5.32 Å². The average molecular weight is 211 g/mol. The molecule has 2 aliphatic rings.